The van der Waals surface area contributed by atoms with E-state index >= 15 is 0 Å². The maximum atomic E-state index is 3.34. The fraction of sp³-hybridized carbons (Fsp3) is 0.400. The van der Waals surface area contributed by atoms with Crippen molar-refractivity contribution in [1.82, 2.24) is 0 Å². The average molecular weight is 364 g/mol. The van der Waals surface area contributed by atoms with Crippen LogP contribution in [-0.2, 0) is 24.2 Å². The van der Waals surface area contributed by atoms with Gasteiger partial charge in [-0.2, -0.15) is 12.2 Å². The molecule has 0 saturated carbocycles. The molecule has 1 atom stereocenters. The van der Waals surface area contributed by atoms with Crippen LogP contribution < -0.4 is 0 Å². The van der Waals surface area contributed by atoms with Crippen LogP contribution in [0.1, 0.15) is 34.1 Å². The van der Waals surface area contributed by atoms with E-state index in [4.69, 9.17) is 0 Å². The Bertz CT molecular complexity index is 322. The molecule has 0 amide bonds. The van der Waals surface area contributed by atoms with Crippen molar-refractivity contribution in [2.24, 2.45) is 5.92 Å². The molecule has 0 bridgehead atoms. The molecule has 0 aromatic carbocycles. The molecule has 1 unspecified atom stereocenters. The Labute approximate surface area is 139 Å². The summed E-state index contributed by atoms with van der Waals surface area (Å²) in [6.07, 6.45) is 13.9. The molecule has 0 radical (unpaired) electrons. The van der Waals surface area contributed by atoms with Crippen LogP contribution in [0.5, 0.6) is 0 Å². The van der Waals surface area contributed by atoms with Crippen molar-refractivity contribution in [2.45, 2.75) is 34.1 Å². The molecule has 0 spiro atoms. The van der Waals surface area contributed by atoms with Crippen LogP contribution in [0.15, 0.2) is 34.9 Å². The average Bonchev–Trinajstić information content (AvgIpc) is 2.81. The quantitative estimate of drug-likeness (QED) is 0.540. The van der Waals surface area contributed by atoms with Crippen molar-refractivity contribution in [3.05, 3.63) is 47.1 Å². The molecule has 0 saturated heterocycles. The van der Waals surface area contributed by atoms with E-state index in [9.17, 15) is 0 Å². The Balaban J connectivity index is -0.000000200. The Morgan fingerprint density at radius 2 is 1.78 bits per heavy atom. The van der Waals surface area contributed by atoms with E-state index in [0.29, 0.717) is 5.92 Å². The van der Waals surface area contributed by atoms with Crippen molar-refractivity contribution in [3.8, 4) is 0 Å². The molecule has 0 nitrogen and oxygen atoms in total. The molecule has 2 rings (SSSR count). The number of rotatable bonds is 0. The molecule has 18 heavy (non-hydrogen) atoms. The third-order valence-corrected chi connectivity index (χ3v) is 2.46. The van der Waals surface area contributed by atoms with E-state index in [1.165, 1.54) is 41.0 Å². The van der Waals surface area contributed by atoms with Crippen molar-refractivity contribution >= 4 is 29.0 Å². The number of allylic oxidation sites excluding steroid dienone is 8. The van der Waals surface area contributed by atoms with Crippen LogP contribution in [-0.4, -0.2) is 4.21 Å². The Kier molecular flexibility index (Phi) is 17.8. The second-order valence-electron chi connectivity index (χ2n) is 3.87. The zero-order valence-electron chi connectivity index (χ0n) is 11.5. The van der Waals surface area contributed by atoms with E-state index in [0.717, 1.165) is 6.42 Å². The molecule has 3 heteroatoms. The third kappa shape index (κ3) is 10.2. The molecular weight excluding hydrogens is 342 g/mol. The summed E-state index contributed by atoms with van der Waals surface area (Å²) in [5.41, 5.74) is 3.98. The summed E-state index contributed by atoms with van der Waals surface area (Å²) in [5.74, 6) is 0.556. The maximum absolute atomic E-state index is 3.34. The summed E-state index contributed by atoms with van der Waals surface area (Å²) >= 11 is 1.30. The fourth-order valence-corrected chi connectivity index (χ4v) is 1.39. The van der Waals surface area contributed by atoms with E-state index in [2.05, 4.69) is 62.3 Å². The van der Waals surface area contributed by atoms with Gasteiger partial charge in [-0.1, -0.05) is 26.7 Å². The molecule has 2 aliphatic carbocycles. The fourth-order valence-electron chi connectivity index (χ4n) is 1.39. The predicted molar refractivity (Wildman–Crippen MR) is 83.2 cm³/mol. The van der Waals surface area contributed by atoms with E-state index < -0.39 is 0 Å². The Hall–Kier alpha value is 0.293. The summed E-state index contributed by atoms with van der Waals surface area (Å²) in [6, 6.07) is 0. The predicted octanol–water partition coefficient (Wildman–Crippen LogP) is 4.84. The Morgan fingerprint density at radius 1 is 1.22 bits per heavy atom. The standard InChI is InChI=1S/2C7H9.CH2.2ClH.Zr/c1-6-3-4-7(2)5-6;1-6-4-3-5-7(6)2;;;;/h3-4,6H,1-2H3;4H,3H2,1-2H3;1H2;2*1H;/q2*-1;;;;+2. The van der Waals surface area contributed by atoms with E-state index in [-0.39, 0.29) is 24.8 Å². The Morgan fingerprint density at radius 3 is 1.89 bits per heavy atom. The van der Waals surface area contributed by atoms with Crippen LogP contribution in [0.4, 0.5) is 0 Å². The van der Waals surface area contributed by atoms with Crippen LogP contribution in [0.3, 0.4) is 0 Å². The molecular formula is C15H22Cl2Zr. The van der Waals surface area contributed by atoms with Gasteiger partial charge in [-0.15, -0.1) is 38.2 Å². The minimum absolute atomic E-state index is 0. The molecule has 0 aliphatic heterocycles. The van der Waals surface area contributed by atoms with Gasteiger partial charge in [0.25, 0.3) is 0 Å². The van der Waals surface area contributed by atoms with Crippen LogP contribution >= 0.6 is 24.8 Å². The van der Waals surface area contributed by atoms with Crippen molar-refractivity contribution < 1.29 is 24.2 Å². The van der Waals surface area contributed by atoms with Gasteiger partial charge in [0.2, 0.25) is 0 Å². The summed E-state index contributed by atoms with van der Waals surface area (Å²) < 4.78 is 3.34. The topological polar surface area (TPSA) is 0 Å². The van der Waals surface area contributed by atoms with Crippen LogP contribution in [0.25, 0.3) is 0 Å². The molecule has 0 fully saturated rings. The molecule has 2 aliphatic rings. The minimum atomic E-state index is 0. The van der Waals surface area contributed by atoms with Gasteiger partial charge in [0, 0.05) is 0 Å². The SMILES string of the molecule is CC1=[C-]C(C)C=C1.CC1=[C-]CC=C1C.Cl.Cl.[CH2]=[Zr+2]. The van der Waals surface area contributed by atoms with Crippen LogP contribution in [0, 0.1) is 18.1 Å². The first-order valence-electron chi connectivity index (χ1n) is 5.48. The van der Waals surface area contributed by atoms with Crippen molar-refractivity contribution in [1.29, 1.82) is 0 Å². The molecule has 0 aromatic heterocycles. The van der Waals surface area contributed by atoms with Gasteiger partial charge in [-0.05, 0) is 0 Å². The summed E-state index contributed by atoms with van der Waals surface area (Å²) in [4.78, 5) is 0. The number of hydrogen-bond donors (Lipinski definition) is 0. The first-order chi connectivity index (χ1) is 7.59. The summed E-state index contributed by atoms with van der Waals surface area (Å²) in [7, 11) is 0. The van der Waals surface area contributed by atoms with E-state index in [1.54, 1.807) is 0 Å². The normalized spacial score (nSPS) is 18.8. The second-order valence-corrected chi connectivity index (χ2v) is 3.87. The second kappa shape index (κ2) is 13.7. The zero-order chi connectivity index (χ0) is 12.6. The molecule has 100 valence electrons. The van der Waals surface area contributed by atoms with Crippen molar-refractivity contribution in [3.63, 3.8) is 0 Å². The van der Waals surface area contributed by atoms with Gasteiger partial charge in [-0.25, -0.2) is 22.8 Å². The van der Waals surface area contributed by atoms with Crippen molar-refractivity contribution in [2.75, 3.05) is 0 Å². The van der Waals surface area contributed by atoms with Gasteiger partial charge < -0.3 is 0 Å². The van der Waals surface area contributed by atoms with Crippen LogP contribution in [0.2, 0.25) is 0 Å². The molecule has 0 aromatic rings. The molecule has 0 heterocycles. The van der Waals surface area contributed by atoms with Gasteiger partial charge in [-0.3, -0.25) is 12.2 Å². The summed E-state index contributed by atoms with van der Waals surface area (Å²) in [6.45, 7) is 8.42. The van der Waals surface area contributed by atoms with E-state index in [1.807, 2.05) is 0 Å². The van der Waals surface area contributed by atoms with Gasteiger partial charge in [0.1, 0.15) is 0 Å². The first kappa shape index (κ1) is 23.4. The van der Waals surface area contributed by atoms with Gasteiger partial charge in [0.05, 0.1) is 0 Å². The first-order valence-corrected chi connectivity index (χ1v) is 7.21. The third-order valence-electron chi connectivity index (χ3n) is 2.46. The van der Waals surface area contributed by atoms with Gasteiger partial charge >= 0.3 is 28.4 Å². The zero-order valence-corrected chi connectivity index (χ0v) is 15.6. The van der Waals surface area contributed by atoms with Gasteiger partial charge in [0.15, 0.2) is 0 Å². The number of hydrogen-bond acceptors (Lipinski definition) is 0. The molecule has 0 N–H and O–H groups in total. The monoisotopic (exact) mass is 362 g/mol. The number of halogens is 2. The summed E-state index contributed by atoms with van der Waals surface area (Å²) in [5, 5.41) is 0.